The number of hydrogen-bond donors (Lipinski definition) is 1. The normalized spacial score (nSPS) is 11.1. The first-order chi connectivity index (χ1) is 13.0. The number of ketones is 1. The van der Waals surface area contributed by atoms with E-state index in [0.29, 0.717) is 11.5 Å². The number of phenolic OH excluding ortho intramolecular Hbond substituents is 1. The van der Waals surface area contributed by atoms with Gasteiger partial charge in [-0.05, 0) is 36.4 Å². The van der Waals surface area contributed by atoms with Crippen LogP contribution in [-0.4, -0.2) is 43.1 Å². The maximum Gasteiger partial charge on any atom is 0.189 e. The molecular weight excluding hydrogens is 342 g/mol. The minimum absolute atomic E-state index is 0.142. The van der Waals surface area contributed by atoms with Crippen LogP contribution in [0, 0.1) is 0 Å². The van der Waals surface area contributed by atoms with Crippen molar-refractivity contribution in [1.82, 2.24) is 4.90 Å². The predicted molar refractivity (Wildman–Crippen MR) is 108 cm³/mol. The van der Waals surface area contributed by atoms with Crippen LogP contribution in [0.5, 0.6) is 17.2 Å². The second-order valence-electron chi connectivity index (χ2n) is 6.12. The number of ether oxygens (including phenoxy) is 2. The Bertz CT molecular complexity index is 793. The Labute approximate surface area is 160 Å². The van der Waals surface area contributed by atoms with Gasteiger partial charge >= 0.3 is 0 Å². The molecule has 2 rings (SSSR count). The quantitative estimate of drug-likeness (QED) is 0.532. The van der Waals surface area contributed by atoms with E-state index in [1.165, 1.54) is 38.0 Å². The van der Waals surface area contributed by atoms with Crippen molar-refractivity contribution < 1.29 is 19.4 Å². The van der Waals surface area contributed by atoms with Crippen molar-refractivity contribution in [2.45, 2.75) is 20.4 Å². The van der Waals surface area contributed by atoms with Crippen LogP contribution in [0.1, 0.15) is 35.3 Å². The highest BCUT2D eigenvalue weighted by Gasteiger charge is 2.14. The number of nitrogens with zero attached hydrogens (tertiary/aromatic N) is 1. The highest BCUT2D eigenvalue weighted by Crippen LogP contribution is 2.34. The van der Waals surface area contributed by atoms with Gasteiger partial charge < -0.3 is 14.6 Å². The zero-order valence-corrected chi connectivity index (χ0v) is 16.4. The minimum atomic E-state index is -0.305. The van der Waals surface area contributed by atoms with Gasteiger partial charge in [-0.2, -0.15) is 0 Å². The monoisotopic (exact) mass is 369 g/mol. The van der Waals surface area contributed by atoms with Crippen LogP contribution >= 0.6 is 0 Å². The van der Waals surface area contributed by atoms with Crippen molar-refractivity contribution in [3.8, 4) is 17.2 Å². The smallest absolute Gasteiger partial charge is 0.189 e. The van der Waals surface area contributed by atoms with Crippen molar-refractivity contribution in [3.63, 3.8) is 0 Å². The number of allylic oxidation sites excluding steroid dienone is 1. The summed E-state index contributed by atoms with van der Waals surface area (Å²) in [6.07, 6.45) is 3.18. The second-order valence-corrected chi connectivity index (χ2v) is 6.12. The number of carbonyl (C=O) groups is 1. The zero-order valence-electron chi connectivity index (χ0n) is 16.4. The van der Waals surface area contributed by atoms with Crippen LogP contribution in [0.3, 0.4) is 0 Å². The van der Waals surface area contributed by atoms with Gasteiger partial charge in [-0.1, -0.05) is 44.2 Å². The van der Waals surface area contributed by atoms with Gasteiger partial charge in [-0.15, -0.1) is 0 Å². The lowest BCUT2D eigenvalue weighted by Crippen LogP contribution is -2.21. The molecule has 0 saturated carbocycles. The molecule has 0 aliphatic heterocycles. The van der Waals surface area contributed by atoms with Crippen LogP contribution in [0.4, 0.5) is 0 Å². The van der Waals surface area contributed by atoms with Gasteiger partial charge in [0.1, 0.15) is 5.75 Å². The van der Waals surface area contributed by atoms with E-state index in [4.69, 9.17) is 9.47 Å². The van der Waals surface area contributed by atoms with Gasteiger partial charge in [0.05, 0.1) is 19.8 Å². The summed E-state index contributed by atoms with van der Waals surface area (Å²) in [5.74, 6) is 0.324. The van der Waals surface area contributed by atoms with Gasteiger partial charge in [-0.25, -0.2) is 0 Å². The Hall–Kier alpha value is -2.79. The van der Waals surface area contributed by atoms with Gasteiger partial charge in [0.25, 0.3) is 0 Å². The SMILES string of the molecule is CCN(CC)Cc1ccc(/C=C/C(=O)c2cc(OC)c(OC)cc2O)cc1. The van der Waals surface area contributed by atoms with E-state index in [-0.39, 0.29) is 17.1 Å². The molecule has 0 aliphatic rings. The molecule has 0 heterocycles. The lowest BCUT2D eigenvalue weighted by Gasteiger charge is -2.17. The van der Waals surface area contributed by atoms with E-state index >= 15 is 0 Å². The average molecular weight is 369 g/mol. The Kier molecular flexibility index (Phi) is 7.44. The van der Waals surface area contributed by atoms with E-state index in [9.17, 15) is 9.90 Å². The van der Waals surface area contributed by atoms with E-state index in [1.807, 2.05) is 12.1 Å². The molecule has 0 amide bonds. The summed E-state index contributed by atoms with van der Waals surface area (Å²) in [4.78, 5) is 14.8. The molecule has 0 fully saturated rings. The highest BCUT2D eigenvalue weighted by atomic mass is 16.5. The number of phenols is 1. The van der Waals surface area contributed by atoms with E-state index in [1.54, 1.807) is 6.08 Å². The maximum atomic E-state index is 12.4. The predicted octanol–water partition coefficient (Wildman–Crippen LogP) is 4.15. The molecule has 0 unspecified atom stereocenters. The molecule has 5 heteroatoms. The summed E-state index contributed by atoms with van der Waals surface area (Å²) >= 11 is 0. The molecule has 144 valence electrons. The van der Waals surface area contributed by atoms with Gasteiger partial charge in [0.15, 0.2) is 17.3 Å². The molecule has 0 atom stereocenters. The maximum absolute atomic E-state index is 12.4. The van der Waals surface area contributed by atoms with Gasteiger partial charge in [0, 0.05) is 12.6 Å². The van der Waals surface area contributed by atoms with Gasteiger partial charge in [-0.3, -0.25) is 9.69 Å². The third kappa shape index (κ3) is 5.34. The van der Waals surface area contributed by atoms with Crippen LogP contribution in [0.2, 0.25) is 0 Å². The van der Waals surface area contributed by atoms with Crippen molar-refractivity contribution in [1.29, 1.82) is 0 Å². The molecule has 0 saturated heterocycles. The van der Waals surface area contributed by atoms with Crippen LogP contribution in [0.25, 0.3) is 6.08 Å². The van der Waals surface area contributed by atoms with Crippen molar-refractivity contribution in [3.05, 3.63) is 59.2 Å². The van der Waals surface area contributed by atoms with Crippen LogP contribution in [0.15, 0.2) is 42.5 Å². The van der Waals surface area contributed by atoms with Crippen LogP contribution < -0.4 is 9.47 Å². The third-order valence-electron chi connectivity index (χ3n) is 4.47. The van der Waals surface area contributed by atoms with Crippen LogP contribution in [-0.2, 0) is 6.54 Å². The first-order valence-electron chi connectivity index (χ1n) is 9.01. The van der Waals surface area contributed by atoms with E-state index in [2.05, 4.69) is 30.9 Å². The molecule has 0 aliphatic carbocycles. The fourth-order valence-corrected chi connectivity index (χ4v) is 2.77. The summed E-state index contributed by atoms with van der Waals surface area (Å²) in [5.41, 5.74) is 2.33. The number of aromatic hydroxyl groups is 1. The topological polar surface area (TPSA) is 59.0 Å². The molecule has 2 aromatic rings. The number of benzene rings is 2. The molecule has 2 aromatic carbocycles. The molecule has 0 aromatic heterocycles. The third-order valence-corrected chi connectivity index (χ3v) is 4.47. The van der Waals surface area contributed by atoms with E-state index < -0.39 is 0 Å². The lowest BCUT2D eigenvalue weighted by atomic mass is 10.1. The molecule has 0 spiro atoms. The Morgan fingerprint density at radius 2 is 1.63 bits per heavy atom. The number of methoxy groups -OCH3 is 2. The summed E-state index contributed by atoms with van der Waals surface area (Å²) in [6, 6.07) is 11.0. The zero-order chi connectivity index (χ0) is 19.8. The largest absolute Gasteiger partial charge is 0.507 e. The average Bonchev–Trinajstić information content (AvgIpc) is 2.70. The minimum Gasteiger partial charge on any atom is -0.507 e. The molecule has 1 N–H and O–H groups in total. The first kappa shape index (κ1) is 20.5. The fourth-order valence-electron chi connectivity index (χ4n) is 2.77. The summed E-state index contributed by atoms with van der Waals surface area (Å²) < 4.78 is 10.3. The van der Waals surface area contributed by atoms with Crippen molar-refractivity contribution >= 4 is 11.9 Å². The number of hydrogen-bond acceptors (Lipinski definition) is 5. The molecular formula is C22H27NO4. The molecule has 0 radical (unpaired) electrons. The van der Waals surface area contributed by atoms with Crippen molar-refractivity contribution in [2.75, 3.05) is 27.3 Å². The molecule has 0 bridgehead atoms. The number of carbonyl (C=O) groups excluding carboxylic acids is 1. The summed E-state index contributed by atoms with van der Waals surface area (Å²) in [5, 5.41) is 10.1. The Morgan fingerprint density at radius 3 is 2.19 bits per heavy atom. The number of rotatable bonds is 9. The lowest BCUT2D eigenvalue weighted by molar-refractivity contribution is 0.104. The van der Waals surface area contributed by atoms with E-state index in [0.717, 1.165) is 25.2 Å². The summed E-state index contributed by atoms with van der Waals surface area (Å²) in [6.45, 7) is 7.24. The second kappa shape index (κ2) is 9.78. The highest BCUT2D eigenvalue weighted by molar-refractivity contribution is 6.09. The van der Waals surface area contributed by atoms with Gasteiger partial charge in [0.2, 0.25) is 0 Å². The van der Waals surface area contributed by atoms with Crippen molar-refractivity contribution in [2.24, 2.45) is 0 Å². The standard InChI is InChI=1S/C22H27NO4/c1-5-23(6-2)15-17-9-7-16(8-10-17)11-12-19(24)18-13-21(26-3)22(27-4)14-20(18)25/h7-14,25H,5-6,15H2,1-4H3/b12-11+. The molecule has 5 nitrogen and oxygen atoms in total. The first-order valence-corrected chi connectivity index (χ1v) is 9.01. The molecule has 27 heavy (non-hydrogen) atoms. The Morgan fingerprint density at radius 1 is 1.04 bits per heavy atom. The Balaban J connectivity index is 2.12. The summed E-state index contributed by atoms with van der Waals surface area (Å²) in [7, 11) is 2.96. The fraction of sp³-hybridized carbons (Fsp3) is 0.318.